The number of nitrogens with one attached hydrogen (secondary N) is 1. The lowest BCUT2D eigenvalue weighted by molar-refractivity contribution is -0.135. The first kappa shape index (κ1) is 22.1. The van der Waals surface area contributed by atoms with Crippen molar-refractivity contribution in [3.05, 3.63) is 34.9 Å². The van der Waals surface area contributed by atoms with Crippen molar-refractivity contribution < 1.29 is 9.59 Å². The van der Waals surface area contributed by atoms with Crippen molar-refractivity contribution in [3.63, 3.8) is 0 Å². The molecule has 8 heteroatoms. The van der Waals surface area contributed by atoms with Crippen molar-refractivity contribution in [2.24, 2.45) is 11.7 Å². The maximum atomic E-state index is 12.6. The van der Waals surface area contributed by atoms with Crippen LogP contribution in [0.3, 0.4) is 0 Å². The number of amides is 2. The number of nitrogens with two attached hydrogens (primary N) is 1. The van der Waals surface area contributed by atoms with Crippen LogP contribution in [0.4, 0.5) is 0 Å². The van der Waals surface area contributed by atoms with Crippen LogP contribution in [0.1, 0.15) is 25.5 Å². The van der Waals surface area contributed by atoms with Gasteiger partial charge in [-0.15, -0.1) is 12.4 Å². The molecule has 1 aromatic carbocycles. The molecule has 1 aromatic rings. The molecular formula is C17H25Cl2N3O2S. The highest BCUT2D eigenvalue weighted by molar-refractivity contribution is 7.99. The first-order chi connectivity index (χ1) is 11.4. The molecule has 140 valence electrons. The number of carbonyl (C=O) groups is 2. The molecule has 2 rings (SSSR count). The second kappa shape index (κ2) is 10.3. The molecule has 1 aliphatic heterocycles. The number of nitrogens with zero attached hydrogens (tertiary/aromatic N) is 1. The zero-order chi connectivity index (χ0) is 17.7. The Hall–Kier alpha value is -0.950. The number of hydrogen-bond acceptors (Lipinski definition) is 4. The van der Waals surface area contributed by atoms with E-state index >= 15 is 0 Å². The van der Waals surface area contributed by atoms with Crippen LogP contribution < -0.4 is 11.1 Å². The molecule has 0 saturated carbocycles. The normalized spacial score (nSPS) is 18.4. The summed E-state index contributed by atoms with van der Waals surface area (Å²) >= 11 is 7.77. The number of halogens is 2. The average Bonchev–Trinajstić information content (AvgIpc) is 2.59. The molecule has 0 aliphatic carbocycles. The van der Waals surface area contributed by atoms with Crippen molar-refractivity contribution in [3.8, 4) is 0 Å². The van der Waals surface area contributed by atoms with Gasteiger partial charge in [0, 0.05) is 23.1 Å². The van der Waals surface area contributed by atoms with Crippen LogP contribution in [0.5, 0.6) is 0 Å². The fourth-order valence-corrected chi connectivity index (χ4v) is 3.76. The maximum Gasteiger partial charge on any atom is 0.242 e. The van der Waals surface area contributed by atoms with E-state index in [9.17, 15) is 9.59 Å². The zero-order valence-corrected chi connectivity index (χ0v) is 16.8. The van der Waals surface area contributed by atoms with Crippen LogP contribution in [0.15, 0.2) is 24.3 Å². The summed E-state index contributed by atoms with van der Waals surface area (Å²) in [5, 5.41) is 3.33. The molecule has 1 heterocycles. The minimum atomic E-state index is -0.596. The lowest BCUT2D eigenvalue weighted by atomic mass is 10.0. The molecule has 0 radical (unpaired) electrons. The fraction of sp³-hybridized carbons (Fsp3) is 0.529. The van der Waals surface area contributed by atoms with Gasteiger partial charge in [0.15, 0.2) is 0 Å². The number of thioether (sulfide) groups is 1. The second-order valence-corrected chi connectivity index (χ2v) is 7.80. The van der Waals surface area contributed by atoms with E-state index in [4.69, 9.17) is 17.3 Å². The Labute approximate surface area is 164 Å². The van der Waals surface area contributed by atoms with Gasteiger partial charge in [0.2, 0.25) is 11.8 Å². The topological polar surface area (TPSA) is 75.4 Å². The molecule has 1 saturated heterocycles. The average molecular weight is 406 g/mol. The molecule has 1 unspecified atom stereocenters. The van der Waals surface area contributed by atoms with Crippen molar-refractivity contribution >= 4 is 47.6 Å². The molecule has 0 spiro atoms. The Bertz CT molecular complexity index is 584. The van der Waals surface area contributed by atoms with Crippen LogP contribution in [-0.2, 0) is 9.59 Å². The predicted octanol–water partition coefficient (Wildman–Crippen LogP) is 2.48. The van der Waals surface area contributed by atoms with Crippen molar-refractivity contribution in [1.82, 2.24) is 10.2 Å². The summed E-state index contributed by atoms with van der Waals surface area (Å²) in [6, 6.07) is 6.98. The highest BCUT2D eigenvalue weighted by Gasteiger charge is 2.28. The van der Waals surface area contributed by atoms with Crippen LogP contribution in [0.2, 0.25) is 5.02 Å². The van der Waals surface area contributed by atoms with E-state index in [2.05, 4.69) is 5.32 Å². The monoisotopic (exact) mass is 405 g/mol. The smallest absolute Gasteiger partial charge is 0.242 e. The van der Waals surface area contributed by atoms with Gasteiger partial charge in [0.1, 0.15) is 0 Å². The van der Waals surface area contributed by atoms with Gasteiger partial charge in [-0.25, -0.2) is 0 Å². The molecule has 0 bridgehead atoms. The fourth-order valence-electron chi connectivity index (χ4n) is 2.55. The maximum absolute atomic E-state index is 12.6. The number of rotatable bonds is 5. The first-order valence-corrected chi connectivity index (χ1v) is 9.59. The van der Waals surface area contributed by atoms with E-state index in [1.165, 1.54) is 0 Å². The highest BCUT2D eigenvalue weighted by Crippen LogP contribution is 2.30. The van der Waals surface area contributed by atoms with E-state index in [1.54, 1.807) is 0 Å². The quantitative estimate of drug-likeness (QED) is 0.788. The molecule has 25 heavy (non-hydrogen) atoms. The Kier molecular flexibility index (Phi) is 9.07. The predicted molar refractivity (Wildman–Crippen MR) is 106 cm³/mol. The minimum Gasteiger partial charge on any atom is -0.346 e. The Morgan fingerprint density at radius 1 is 1.36 bits per heavy atom. The zero-order valence-electron chi connectivity index (χ0n) is 14.4. The van der Waals surface area contributed by atoms with Crippen molar-refractivity contribution in [2.45, 2.75) is 25.9 Å². The van der Waals surface area contributed by atoms with E-state index in [-0.39, 0.29) is 42.7 Å². The first-order valence-electron chi connectivity index (χ1n) is 8.06. The standard InChI is InChI=1S/C17H24ClN3O2S.ClH/c1-11(2)16(19)17(23)20-9-15(22)21-7-8-24-10-14(21)12-3-5-13(18)6-4-12;/h3-6,11,14,16H,7-10,19H2,1-2H3,(H,20,23);1H/t14?,16-;/m0./s1. The van der Waals surface area contributed by atoms with Gasteiger partial charge in [0.05, 0.1) is 18.6 Å². The third-order valence-electron chi connectivity index (χ3n) is 4.14. The van der Waals surface area contributed by atoms with Gasteiger partial charge in [-0.2, -0.15) is 11.8 Å². The lowest BCUT2D eigenvalue weighted by Crippen LogP contribution is -2.49. The van der Waals surface area contributed by atoms with E-state index in [0.717, 1.165) is 17.1 Å². The summed E-state index contributed by atoms with van der Waals surface area (Å²) in [4.78, 5) is 26.4. The molecule has 2 amide bonds. The van der Waals surface area contributed by atoms with Crippen LogP contribution >= 0.6 is 35.8 Å². The van der Waals surface area contributed by atoms with Gasteiger partial charge in [-0.05, 0) is 23.6 Å². The summed E-state index contributed by atoms with van der Waals surface area (Å²) in [7, 11) is 0. The Balaban J connectivity index is 0.00000312. The van der Waals surface area contributed by atoms with E-state index < -0.39 is 6.04 Å². The number of carbonyl (C=O) groups excluding carboxylic acids is 2. The molecule has 3 N–H and O–H groups in total. The SMILES string of the molecule is CC(C)[C@H](N)C(=O)NCC(=O)N1CCSCC1c1ccc(Cl)cc1.Cl. The molecule has 5 nitrogen and oxygen atoms in total. The summed E-state index contributed by atoms with van der Waals surface area (Å²) < 4.78 is 0. The minimum absolute atomic E-state index is 0. The van der Waals surface area contributed by atoms with Gasteiger partial charge in [-0.1, -0.05) is 37.6 Å². The Morgan fingerprint density at radius 2 is 2.00 bits per heavy atom. The lowest BCUT2D eigenvalue weighted by Gasteiger charge is -2.36. The van der Waals surface area contributed by atoms with Gasteiger partial charge >= 0.3 is 0 Å². The van der Waals surface area contributed by atoms with Gasteiger partial charge < -0.3 is 16.0 Å². The van der Waals surface area contributed by atoms with Crippen LogP contribution in [0.25, 0.3) is 0 Å². The van der Waals surface area contributed by atoms with Crippen LogP contribution in [-0.4, -0.2) is 47.4 Å². The van der Waals surface area contributed by atoms with E-state index in [0.29, 0.717) is 11.6 Å². The van der Waals surface area contributed by atoms with Gasteiger partial charge in [0.25, 0.3) is 0 Å². The summed E-state index contributed by atoms with van der Waals surface area (Å²) in [6.07, 6.45) is 0. The molecule has 0 aromatic heterocycles. The Morgan fingerprint density at radius 3 is 2.60 bits per heavy atom. The van der Waals surface area contributed by atoms with Crippen molar-refractivity contribution in [2.75, 3.05) is 24.6 Å². The second-order valence-electron chi connectivity index (χ2n) is 6.22. The summed E-state index contributed by atoms with van der Waals surface area (Å²) in [5.41, 5.74) is 6.86. The summed E-state index contributed by atoms with van der Waals surface area (Å²) in [6.45, 7) is 4.41. The largest absolute Gasteiger partial charge is 0.346 e. The summed E-state index contributed by atoms with van der Waals surface area (Å²) in [5.74, 6) is 1.41. The van der Waals surface area contributed by atoms with Gasteiger partial charge in [-0.3, -0.25) is 9.59 Å². The number of hydrogen-bond donors (Lipinski definition) is 2. The molecule has 1 fully saturated rings. The van der Waals surface area contributed by atoms with E-state index in [1.807, 2.05) is 54.8 Å². The van der Waals surface area contributed by atoms with Crippen LogP contribution in [0, 0.1) is 5.92 Å². The third kappa shape index (κ3) is 6.06. The molecule has 1 aliphatic rings. The highest BCUT2D eigenvalue weighted by atomic mass is 35.5. The number of benzene rings is 1. The third-order valence-corrected chi connectivity index (χ3v) is 5.41. The molecular weight excluding hydrogens is 381 g/mol. The van der Waals surface area contributed by atoms with Crippen molar-refractivity contribution in [1.29, 1.82) is 0 Å². The molecule has 2 atom stereocenters.